The Morgan fingerprint density at radius 3 is 2.67 bits per heavy atom. The number of carboxylic acids is 1. The van der Waals surface area contributed by atoms with Crippen LogP contribution in [0.5, 0.6) is 0 Å². The molecule has 5 heteroatoms. The first kappa shape index (κ1) is 10.9. The summed E-state index contributed by atoms with van der Waals surface area (Å²) >= 11 is 0. The number of hydrogen-bond acceptors (Lipinski definition) is 4. The van der Waals surface area contributed by atoms with Crippen LogP contribution in [0.15, 0.2) is 35.4 Å². The second-order valence-electron chi connectivity index (χ2n) is 2.91. The van der Waals surface area contributed by atoms with E-state index in [9.17, 15) is 9.59 Å². The zero-order valence-electron chi connectivity index (χ0n) is 7.88. The Balaban J connectivity index is 2.67. The van der Waals surface area contributed by atoms with Crippen molar-refractivity contribution in [2.75, 3.05) is 0 Å². The molecule has 0 radical (unpaired) electrons. The molecule has 0 aliphatic carbocycles. The first-order chi connectivity index (χ1) is 7.24. The van der Waals surface area contributed by atoms with Gasteiger partial charge in [-0.3, -0.25) is 5.43 Å². The number of carbonyl (C=O) groups is 1. The number of nitrogens with one attached hydrogen (secondary N) is 1. The van der Waals surface area contributed by atoms with Gasteiger partial charge in [-0.25, -0.2) is 9.59 Å². The summed E-state index contributed by atoms with van der Waals surface area (Å²) in [6.45, 7) is 0. The second-order valence-corrected chi connectivity index (χ2v) is 2.91. The van der Waals surface area contributed by atoms with Gasteiger partial charge in [-0.15, -0.1) is 0 Å². The Morgan fingerprint density at radius 2 is 2.13 bits per heavy atom. The molecule has 2 N–H and O–H groups in total. The fourth-order valence-electron chi connectivity index (χ4n) is 1.14. The number of aliphatic carboxylic acids is 1. The smallest absolute Gasteiger partial charge is 0.328 e. The highest BCUT2D eigenvalue weighted by Gasteiger charge is 2.16. The Morgan fingerprint density at radius 1 is 1.47 bits per heavy atom. The van der Waals surface area contributed by atoms with Gasteiger partial charge >= 0.3 is 5.97 Å². The average molecular weight is 206 g/mol. The lowest BCUT2D eigenvalue weighted by Crippen LogP contribution is -2.35. The summed E-state index contributed by atoms with van der Waals surface area (Å²) in [6.07, 6.45) is 1.50. The molecule has 0 aromatic heterocycles. The van der Waals surface area contributed by atoms with Crippen molar-refractivity contribution in [2.45, 2.75) is 12.5 Å². The van der Waals surface area contributed by atoms with E-state index in [1.165, 1.54) is 6.08 Å². The number of nitrogens with zero attached hydrogens (tertiary/aromatic N) is 1. The number of benzene rings is 1. The highest BCUT2D eigenvalue weighted by Crippen LogP contribution is 2.03. The Hall–Kier alpha value is -2.13. The van der Waals surface area contributed by atoms with E-state index in [0.717, 1.165) is 5.56 Å². The molecule has 5 nitrogen and oxygen atoms in total. The molecule has 0 aliphatic heterocycles. The maximum Gasteiger partial charge on any atom is 0.328 e. The summed E-state index contributed by atoms with van der Waals surface area (Å²) in [6, 6.07) is 8.18. The van der Waals surface area contributed by atoms with Crippen LogP contribution in [0.3, 0.4) is 0 Å². The Kier molecular flexibility index (Phi) is 4.06. The van der Waals surface area contributed by atoms with Crippen molar-refractivity contribution in [3.63, 3.8) is 0 Å². The predicted octanol–water partition coefficient (Wildman–Crippen LogP) is 0.523. The summed E-state index contributed by atoms with van der Waals surface area (Å²) in [7, 11) is 0. The van der Waals surface area contributed by atoms with Crippen LogP contribution in [0, 0.1) is 0 Å². The van der Waals surface area contributed by atoms with Gasteiger partial charge in [-0.05, 0) is 5.56 Å². The third kappa shape index (κ3) is 3.62. The molecular weight excluding hydrogens is 196 g/mol. The van der Waals surface area contributed by atoms with Gasteiger partial charge < -0.3 is 5.11 Å². The summed E-state index contributed by atoms with van der Waals surface area (Å²) in [5.41, 5.74) is 3.08. The van der Waals surface area contributed by atoms with E-state index in [1.807, 2.05) is 30.3 Å². The number of carboxylic acid groups (broad SMARTS) is 1. The molecule has 1 rings (SSSR count). The molecule has 0 amide bonds. The summed E-state index contributed by atoms with van der Waals surface area (Å²) < 4.78 is 0. The van der Waals surface area contributed by atoms with Gasteiger partial charge in [0.1, 0.15) is 6.04 Å². The van der Waals surface area contributed by atoms with Crippen LogP contribution in [-0.4, -0.2) is 23.2 Å². The molecule has 0 bridgehead atoms. The molecule has 78 valence electrons. The molecule has 1 aromatic rings. The van der Waals surface area contributed by atoms with Crippen LogP contribution in [0.1, 0.15) is 5.56 Å². The zero-order chi connectivity index (χ0) is 11.1. The van der Waals surface area contributed by atoms with Crippen LogP contribution in [0.4, 0.5) is 0 Å². The molecule has 0 saturated heterocycles. The van der Waals surface area contributed by atoms with Crippen LogP contribution >= 0.6 is 0 Å². The molecule has 15 heavy (non-hydrogen) atoms. The van der Waals surface area contributed by atoms with E-state index < -0.39 is 12.0 Å². The molecule has 0 saturated carbocycles. The largest absolute Gasteiger partial charge is 0.480 e. The van der Waals surface area contributed by atoms with Gasteiger partial charge in [-0.2, -0.15) is 0 Å². The summed E-state index contributed by atoms with van der Waals surface area (Å²) in [5, 5.41) is 11.9. The molecule has 0 heterocycles. The standard InChI is InChI=1S/C10H10N2O3/c13-7-11-12-9(10(14)15)6-8-4-2-1-3-5-8/h1-5,9,12H,6H2,(H,14,15). The summed E-state index contributed by atoms with van der Waals surface area (Å²) in [5.74, 6) is -1.06. The third-order valence-corrected chi connectivity index (χ3v) is 1.85. The quantitative estimate of drug-likeness (QED) is 0.418. The maximum atomic E-state index is 10.8. The van der Waals surface area contributed by atoms with Crippen molar-refractivity contribution in [1.82, 2.24) is 5.43 Å². The predicted molar refractivity (Wildman–Crippen MR) is 52.8 cm³/mol. The molecule has 0 fully saturated rings. The monoisotopic (exact) mass is 206 g/mol. The van der Waals surface area contributed by atoms with Crippen LogP contribution in [0.25, 0.3) is 0 Å². The van der Waals surface area contributed by atoms with Gasteiger partial charge in [0.25, 0.3) is 6.08 Å². The Bertz CT molecular complexity index is 372. The molecule has 0 spiro atoms. The van der Waals surface area contributed by atoms with E-state index in [0.29, 0.717) is 0 Å². The van der Waals surface area contributed by atoms with Crippen molar-refractivity contribution < 1.29 is 14.7 Å². The van der Waals surface area contributed by atoms with Crippen molar-refractivity contribution in [3.05, 3.63) is 35.9 Å². The number of carbonyl (C=O) groups excluding carboxylic acids is 1. The second kappa shape index (κ2) is 5.57. The molecular formula is C10H10N2O3. The van der Waals surface area contributed by atoms with Gasteiger partial charge in [-0.1, -0.05) is 35.4 Å². The number of isocyanates is 1. The maximum absolute atomic E-state index is 10.8. The van der Waals surface area contributed by atoms with Crippen LogP contribution in [-0.2, 0) is 16.0 Å². The topological polar surface area (TPSA) is 78.8 Å². The molecule has 1 aromatic carbocycles. The third-order valence-electron chi connectivity index (χ3n) is 1.85. The average Bonchev–Trinajstić information content (AvgIpc) is 2.25. The number of rotatable bonds is 5. The highest BCUT2D eigenvalue weighted by molar-refractivity contribution is 5.73. The summed E-state index contributed by atoms with van der Waals surface area (Å²) in [4.78, 5) is 20.6. The van der Waals surface area contributed by atoms with E-state index in [-0.39, 0.29) is 6.42 Å². The van der Waals surface area contributed by atoms with Gasteiger partial charge in [0.15, 0.2) is 0 Å². The molecule has 1 unspecified atom stereocenters. The number of hydrogen-bond donors (Lipinski definition) is 2. The van der Waals surface area contributed by atoms with Gasteiger partial charge in [0.2, 0.25) is 0 Å². The van der Waals surface area contributed by atoms with Crippen molar-refractivity contribution in [3.8, 4) is 0 Å². The molecule has 1 atom stereocenters. The van der Waals surface area contributed by atoms with Crippen LogP contribution < -0.4 is 5.43 Å². The minimum Gasteiger partial charge on any atom is -0.480 e. The van der Waals surface area contributed by atoms with Crippen molar-refractivity contribution >= 4 is 12.0 Å². The normalized spacial score (nSPS) is 11.2. The fraction of sp³-hybridized carbons (Fsp3) is 0.200. The van der Waals surface area contributed by atoms with E-state index in [2.05, 4.69) is 10.5 Å². The van der Waals surface area contributed by atoms with Crippen molar-refractivity contribution in [2.24, 2.45) is 5.10 Å². The first-order valence-electron chi connectivity index (χ1n) is 4.33. The van der Waals surface area contributed by atoms with Gasteiger partial charge in [0, 0.05) is 6.42 Å². The van der Waals surface area contributed by atoms with E-state index >= 15 is 0 Å². The molecule has 0 aliphatic rings. The van der Waals surface area contributed by atoms with E-state index in [4.69, 9.17) is 5.11 Å². The number of hydrazone groups is 1. The zero-order valence-corrected chi connectivity index (χ0v) is 7.88. The lowest BCUT2D eigenvalue weighted by Gasteiger charge is -2.10. The SMILES string of the molecule is O=C=NNC(Cc1ccccc1)C(=O)O. The lowest BCUT2D eigenvalue weighted by molar-refractivity contribution is -0.139. The highest BCUT2D eigenvalue weighted by atomic mass is 16.4. The lowest BCUT2D eigenvalue weighted by atomic mass is 10.1. The minimum atomic E-state index is -1.06. The van der Waals surface area contributed by atoms with E-state index in [1.54, 1.807) is 0 Å². The van der Waals surface area contributed by atoms with Gasteiger partial charge in [0.05, 0.1) is 0 Å². The fourth-order valence-corrected chi connectivity index (χ4v) is 1.14. The van der Waals surface area contributed by atoms with Crippen LogP contribution in [0.2, 0.25) is 0 Å². The minimum absolute atomic E-state index is 0.265. The Labute approximate surface area is 86.4 Å². The first-order valence-corrected chi connectivity index (χ1v) is 4.33. The van der Waals surface area contributed by atoms with Crippen molar-refractivity contribution in [1.29, 1.82) is 0 Å².